The van der Waals surface area contributed by atoms with Crippen LogP contribution in [0.5, 0.6) is 0 Å². The number of rotatable bonds is 6. The summed E-state index contributed by atoms with van der Waals surface area (Å²) in [7, 11) is 2.33. The van der Waals surface area contributed by atoms with Gasteiger partial charge in [0.25, 0.3) is 5.84 Å². The summed E-state index contributed by atoms with van der Waals surface area (Å²) < 4.78 is 0. The Kier molecular flexibility index (Phi) is 8.73. The molecular formula is C53H54N3+. The summed E-state index contributed by atoms with van der Waals surface area (Å²) in [6.07, 6.45) is 21.0. The van der Waals surface area contributed by atoms with Crippen LogP contribution in [0.4, 0.5) is 5.69 Å². The van der Waals surface area contributed by atoms with Gasteiger partial charge in [-0.25, -0.2) is 0 Å². The molecule has 0 bridgehead atoms. The topological polar surface area (TPSA) is 29.2 Å². The molecule has 4 aromatic rings. The van der Waals surface area contributed by atoms with Gasteiger partial charge < -0.3 is 4.90 Å². The molecule has 3 heteroatoms. The highest BCUT2D eigenvalue weighted by Gasteiger charge is 2.44. The van der Waals surface area contributed by atoms with E-state index in [4.69, 9.17) is 0 Å². The minimum absolute atomic E-state index is 0.117. The van der Waals surface area contributed by atoms with Crippen LogP contribution in [-0.4, -0.2) is 18.9 Å². The Morgan fingerprint density at radius 1 is 0.714 bits per heavy atom. The van der Waals surface area contributed by atoms with Crippen LogP contribution in [0, 0.1) is 5.92 Å². The molecule has 3 nitrogen and oxygen atoms in total. The fraction of sp³-hybridized carbons (Fsp3) is 0.302. The Morgan fingerprint density at radius 2 is 1.54 bits per heavy atom. The maximum atomic E-state index is 4.00. The second kappa shape index (κ2) is 14.0. The van der Waals surface area contributed by atoms with Crippen LogP contribution in [0.15, 0.2) is 150 Å². The van der Waals surface area contributed by atoms with Gasteiger partial charge in [-0.1, -0.05) is 123 Å². The average Bonchev–Trinajstić information content (AvgIpc) is 3.49. The first kappa shape index (κ1) is 35.0. The van der Waals surface area contributed by atoms with Crippen molar-refractivity contribution in [1.29, 1.82) is 0 Å². The number of fused-ring (bicyclic) bond motifs is 4. The molecule has 56 heavy (non-hydrogen) atoms. The van der Waals surface area contributed by atoms with Crippen molar-refractivity contribution in [2.24, 2.45) is 5.92 Å². The van der Waals surface area contributed by atoms with Crippen molar-refractivity contribution in [3.63, 3.8) is 0 Å². The fourth-order valence-corrected chi connectivity index (χ4v) is 10.9. The zero-order chi connectivity index (χ0) is 38.0. The zero-order valence-corrected chi connectivity index (χ0v) is 33.5. The van der Waals surface area contributed by atoms with E-state index in [9.17, 15) is 0 Å². The monoisotopic (exact) mass is 732 g/mol. The van der Waals surface area contributed by atoms with Crippen LogP contribution in [0.3, 0.4) is 0 Å². The van der Waals surface area contributed by atoms with Crippen molar-refractivity contribution in [1.82, 2.24) is 5.32 Å². The van der Waals surface area contributed by atoms with Crippen LogP contribution in [0.1, 0.15) is 111 Å². The molecule has 0 aromatic heterocycles. The van der Waals surface area contributed by atoms with Crippen LogP contribution in [0.2, 0.25) is 0 Å². The van der Waals surface area contributed by atoms with Crippen LogP contribution in [0.25, 0.3) is 16.7 Å². The second-order valence-electron chi connectivity index (χ2n) is 17.4. The number of hydrogen-bond donors (Lipinski definition) is 2. The van der Waals surface area contributed by atoms with E-state index < -0.39 is 0 Å². The first-order valence-corrected chi connectivity index (χ1v) is 21.1. The summed E-state index contributed by atoms with van der Waals surface area (Å²) in [6, 6.07) is 37.2. The smallest absolute Gasteiger partial charge is 0.275 e. The Morgan fingerprint density at radius 3 is 2.39 bits per heavy atom. The first-order chi connectivity index (χ1) is 27.4. The van der Waals surface area contributed by atoms with E-state index in [1.165, 1.54) is 97.5 Å². The van der Waals surface area contributed by atoms with E-state index >= 15 is 0 Å². The van der Waals surface area contributed by atoms with Crippen molar-refractivity contribution in [2.75, 3.05) is 11.9 Å². The first-order valence-electron chi connectivity index (χ1n) is 21.1. The van der Waals surface area contributed by atoms with E-state index in [1.807, 2.05) is 0 Å². The summed E-state index contributed by atoms with van der Waals surface area (Å²) in [5.74, 6) is 1.43. The van der Waals surface area contributed by atoms with Gasteiger partial charge >= 0.3 is 0 Å². The highest BCUT2D eigenvalue weighted by atomic mass is 15.1. The molecule has 2 unspecified atom stereocenters. The molecule has 0 saturated heterocycles. The number of anilines is 1. The van der Waals surface area contributed by atoms with Gasteiger partial charge in [0.05, 0.1) is 5.56 Å². The summed E-state index contributed by atoms with van der Waals surface area (Å²) in [5.41, 5.74) is 21.2. The fourth-order valence-electron chi connectivity index (χ4n) is 10.9. The Bertz CT molecular complexity index is 2460. The van der Waals surface area contributed by atoms with E-state index in [0.29, 0.717) is 5.92 Å². The van der Waals surface area contributed by atoms with E-state index in [1.54, 1.807) is 5.57 Å². The largest absolute Gasteiger partial charge is 0.344 e. The van der Waals surface area contributed by atoms with Crippen LogP contribution >= 0.6 is 0 Å². The van der Waals surface area contributed by atoms with Gasteiger partial charge in [-0.05, 0) is 143 Å². The number of hydrogen-bond acceptors (Lipinski definition) is 2. The van der Waals surface area contributed by atoms with Crippen molar-refractivity contribution in [2.45, 2.75) is 89.6 Å². The number of nitrogens with one attached hydrogen (secondary N) is 2. The second-order valence-corrected chi connectivity index (χ2v) is 17.4. The molecule has 0 spiro atoms. The van der Waals surface area contributed by atoms with Gasteiger partial charge in [0.15, 0.2) is 0 Å². The molecule has 280 valence electrons. The summed E-state index contributed by atoms with van der Waals surface area (Å²) >= 11 is 0. The molecule has 1 heterocycles. The lowest BCUT2D eigenvalue weighted by atomic mass is 9.74. The third-order valence-electron chi connectivity index (χ3n) is 13.8. The molecule has 1 aliphatic heterocycles. The molecular weight excluding hydrogens is 679 g/mol. The van der Waals surface area contributed by atoms with Crippen LogP contribution < -0.4 is 15.2 Å². The molecule has 3 atom stereocenters. The zero-order valence-electron chi connectivity index (χ0n) is 33.5. The van der Waals surface area contributed by atoms with Crippen molar-refractivity contribution in [3.05, 3.63) is 189 Å². The molecule has 0 radical (unpaired) electrons. The third-order valence-corrected chi connectivity index (χ3v) is 13.8. The molecule has 6 aliphatic rings. The van der Waals surface area contributed by atoms with Crippen molar-refractivity contribution >= 4 is 28.2 Å². The van der Waals surface area contributed by atoms with Gasteiger partial charge in [-0.2, -0.15) is 0 Å². The predicted octanol–water partition coefficient (Wildman–Crippen LogP) is 10.6. The Hall–Kier alpha value is -5.41. The maximum Gasteiger partial charge on any atom is 0.275 e. The molecule has 2 N–H and O–H groups in total. The predicted molar refractivity (Wildman–Crippen MR) is 234 cm³/mol. The van der Waals surface area contributed by atoms with Gasteiger partial charge in [0, 0.05) is 29.8 Å². The number of amidine groups is 1. The molecule has 5 aliphatic carbocycles. The molecule has 4 aromatic carbocycles. The van der Waals surface area contributed by atoms with Gasteiger partial charge in [0.1, 0.15) is 12.1 Å². The van der Waals surface area contributed by atoms with Gasteiger partial charge in [-0.15, -0.1) is 0 Å². The normalized spacial score (nSPS) is 23.5. The van der Waals surface area contributed by atoms with Crippen LogP contribution in [-0.2, 0) is 11.8 Å². The minimum atomic E-state index is -0.117. The summed E-state index contributed by atoms with van der Waals surface area (Å²) in [5, 5.41) is 3.94. The molecule has 0 fully saturated rings. The number of nitrogens with zero attached hydrogens (tertiary/aromatic N) is 1. The van der Waals surface area contributed by atoms with Crippen molar-refractivity contribution in [3.8, 4) is 0 Å². The summed E-state index contributed by atoms with van der Waals surface area (Å²) in [6.45, 7) is 7.31. The molecule has 0 amide bonds. The van der Waals surface area contributed by atoms with E-state index in [0.717, 1.165) is 37.9 Å². The average molecular weight is 733 g/mol. The lowest BCUT2D eigenvalue weighted by Crippen LogP contribution is -2.84. The highest BCUT2D eigenvalue weighted by molar-refractivity contribution is 5.96. The quantitative estimate of drug-likeness (QED) is 0.207. The third kappa shape index (κ3) is 5.81. The highest BCUT2D eigenvalue weighted by Crippen LogP contribution is 2.56. The van der Waals surface area contributed by atoms with Gasteiger partial charge in [-0.3, -0.25) is 10.3 Å². The minimum Gasteiger partial charge on any atom is -0.344 e. The lowest BCUT2D eigenvalue weighted by Gasteiger charge is -2.37. The SMILES string of the molecule is C[C@H]1C(C2=CCCC=C2)NC(c2ccccc2)=[NH+]C1c1cccc(N(C)C2=C(c3ccc4c(c3)C3=C(CCC=C3)CC4)CCC3=C2C(C)(C)c2ccccc23)c1. The number of benzene rings is 4. The van der Waals surface area contributed by atoms with Gasteiger partial charge in [0.2, 0.25) is 0 Å². The number of allylic oxidation sites excluding steroid dienone is 9. The Balaban J connectivity index is 1.11. The van der Waals surface area contributed by atoms with Crippen molar-refractivity contribution < 1.29 is 4.99 Å². The maximum absolute atomic E-state index is 4.00. The summed E-state index contributed by atoms with van der Waals surface area (Å²) in [4.78, 5) is 6.55. The number of likely N-dealkylation sites (N-methyl/N-ethyl adjacent to an activating group) is 1. The number of aryl methyl sites for hydroxylation is 1. The standard InChI is InChI=1S/C53H53N3/c1-34-49(37-17-7-5-8-18-37)54-52(38-19-9-6-10-20-38)55-50(34)40-21-15-22-41(32-40)56(4)51-43(30-31-45-44-24-13-14-25-47(44)53(2,3)48(45)51)39-29-28-36-27-26-35-16-11-12-23-42(35)46(36)33-39/h6-7,9-10,12-15,17-25,28-29,32-34,49-50H,5,8,11,16,26-27,30-31H2,1-4H3,(H,54,55)/p+1/t34-,49?,50?/m0/s1. The molecule has 10 rings (SSSR count). The van der Waals surface area contributed by atoms with E-state index in [2.05, 4.69) is 170 Å². The van der Waals surface area contributed by atoms with E-state index in [-0.39, 0.29) is 17.5 Å². The lowest BCUT2D eigenvalue weighted by molar-refractivity contribution is -0.528. The Labute approximate surface area is 333 Å². The molecule has 0 saturated carbocycles.